The maximum Gasteiger partial charge on any atom is 0.179 e. The summed E-state index contributed by atoms with van der Waals surface area (Å²) < 4.78 is 0.909. The first-order valence-corrected chi connectivity index (χ1v) is 7.58. The molecule has 1 atom stereocenters. The Balaban J connectivity index is 2.30. The zero-order chi connectivity index (χ0) is 13.1. The average molecular weight is 300 g/mol. The maximum absolute atomic E-state index is 6.26. The van der Waals surface area contributed by atoms with Gasteiger partial charge in [0.25, 0.3) is 0 Å². The number of aryl methyl sites for hydroxylation is 1. The minimum atomic E-state index is 0.110. The molecule has 2 rings (SSSR count). The van der Waals surface area contributed by atoms with Crippen molar-refractivity contribution in [3.05, 3.63) is 33.8 Å². The van der Waals surface area contributed by atoms with E-state index in [-0.39, 0.29) is 6.04 Å². The topological polar surface area (TPSA) is 51.8 Å². The highest BCUT2D eigenvalue weighted by Crippen LogP contribution is 2.37. The Bertz CT molecular complexity index is 540. The Morgan fingerprint density at radius 3 is 2.83 bits per heavy atom. The fourth-order valence-electron chi connectivity index (χ4n) is 1.58. The van der Waals surface area contributed by atoms with E-state index in [2.05, 4.69) is 16.3 Å². The minimum absolute atomic E-state index is 0.110. The van der Waals surface area contributed by atoms with E-state index in [0.29, 0.717) is 0 Å². The monoisotopic (exact) mass is 299 g/mol. The van der Waals surface area contributed by atoms with E-state index in [1.807, 2.05) is 26.0 Å². The molecule has 0 aliphatic heterocycles. The third kappa shape index (κ3) is 3.45. The van der Waals surface area contributed by atoms with Crippen molar-refractivity contribution in [2.75, 3.05) is 0 Å². The Hall–Kier alpha value is -0.620. The number of hydrogen-bond acceptors (Lipinski definition) is 5. The summed E-state index contributed by atoms with van der Waals surface area (Å²) >= 11 is 9.40. The zero-order valence-electron chi connectivity index (χ0n) is 10.2. The average Bonchev–Trinajstić information content (AvgIpc) is 2.68. The third-order valence-electron chi connectivity index (χ3n) is 2.29. The summed E-state index contributed by atoms with van der Waals surface area (Å²) in [6, 6.07) is 6.02. The molecule has 6 heteroatoms. The molecule has 1 unspecified atom stereocenters. The highest BCUT2D eigenvalue weighted by Gasteiger charge is 2.12. The standard InChI is InChI=1S/C12H14ClN3S2/c1-7(14)6-9-4-3-5-10(13)11(9)18-12-16-15-8(2)17-12/h3-5,7H,6,14H2,1-2H3. The largest absolute Gasteiger partial charge is 0.328 e. The van der Waals surface area contributed by atoms with Gasteiger partial charge in [-0.2, -0.15) is 0 Å². The van der Waals surface area contributed by atoms with Crippen LogP contribution in [0.2, 0.25) is 5.02 Å². The van der Waals surface area contributed by atoms with Gasteiger partial charge < -0.3 is 5.73 Å². The summed E-state index contributed by atoms with van der Waals surface area (Å²) in [7, 11) is 0. The van der Waals surface area contributed by atoms with E-state index in [0.717, 1.165) is 31.2 Å². The highest BCUT2D eigenvalue weighted by molar-refractivity contribution is 8.01. The van der Waals surface area contributed by atoms with Crippen LogP contribution < -0.4 is 5.73 Å². The molecular formula is C12H14ClN3S2. The van der Waals surface area contributed by atoms with Crippen molar-refractivity contribution in [2.45, 2.75) is 35.5 Å². The molecule has 0 aliphatic carbocycles. The van der Waals surface area contributed by atoms with Gasteiger partial charge >= 0.3 is 0 Å². The molecule has 2 aromatic rings. The summed E-state index contributed by atoms with van der Waals surface area (Å²) in [5.41, 5.74) is 7.03. The molecule has 0 bridgehead atoms. The predicted octanol–water partition coefficient (Wildman–Crippen LogP) is 3.54. The van der Waals surface area contributed by atoms with E-state index in [4.69, 9.17) is 17.3 Å². The number of aromatic nitrogens is 2. The molecule has 0 aliphatic rings. The van der Waals surface area contributed by atoms with Gasteiger partial charge in [0.2, 0.25) is 0 Å². The first-order valence-electron chi connectivity index (χ1n) is 5.57. The van der Waals surface area contributed by atoms with Gasteiger partial charge in [0, 0.05) is 10.9 Å². The summed E-state index contributed by atoms with van der Waals surface area (Å²) in [6.45, 7) is 3.93. The van der Waals surface area contributed by atoms with Crippen LogP contribution in [0.15, 0.2) is 27.4 Å². The maximum atomic E-state index is 6.26. The fourth-order valence-corrected chi connectivity index (χ4v) is 3.79. The van der Waals surface area contributed by atoms with Crippen LogP contribution in [0, 0.1) is 6.92 Å². The quantitative estimate of drug-likeness (QED) is 0.938. The van der Waals surface area contributed by atoms with Crippen LogP contribution >= 0.6 is 34.7 Å². The van der Waals surface area contributed by atoms with Gasteiger partial charge in [-0.15, -0.1) is 10.2 Å². The second-order valence-corrected chi connectivity index (χ2v) is 6.94. The molecule has 0 saturated heterocycles. The summed E-state index contributed by atoms with van der Waals surface area (Å²) in [4.78, 5) is 1.03. The van der Waals surface area contributed by atoms with E-state index >= 15 is 0 Å². The van der Waals surface area contributed by atoms with Crippen molar-refractivity contribution < 1.29 is 0 Å². The lowest BCUT2D eigenvalue weighted by Gasteiger charge is -2.11. The van der Waals surface area contributed by atoms with Gasteiger partial charge in [-0.3, -0.25) is 0 Å². The number of halogens is 1. The van der Waals surface area contributed by atoms with Crippen LogP contribution in [-0.4, -0.2) is 16.2 Å². The molecule has 0 amide bonds. The smallest absolute Gasteiger partial charge is 0.179 e. The lowest BCUT2D eigenvalue weighted by molar-refractivity contribution is 0.729. The Morgan fingerprint density at radius 1 is 1.44 bits per heavy atom. The lowest BCUT2D eigenvalue weighted by Crippen LogP contribution is -2.18. The Kier molecular flexibility index (Phi) is 4.61. The fraction of sp³-hybridized carbons (Fsp3) is 0.333. The van der Waals surface area contributed by atoms with E-state index in [9.17, 15) is 0 Å². The second-order valence-electron chi connectivity index (χ2n) is 4.10. The first kappa shape index (κ1) is 13.8. The molecule has 2 N–H and O–H groups in total. The molecule has 1 aromatic heterocycles. The molecule has 18 heavy (non-hydrogen) atoms. The van der Waals surface area contributed by atoms with Crippen molar-refractivity contribution in [3.8, 4) is 0 Å². The summed E-state index contributed by atoms with van der Waals surface area (Å²) in [5, 5.41) is 9.83. The molecule has 0 fully saturated rings. The van der Waals surface area contributed by atoms with Crippen LogP contribution in [-0.2, 0) is 6.42 Å². The number of rotatable bonds is 4. The van der Waals surface area contributed by atoms with E-state index in [1.165, 1.54) is 0 Å². The number of nitrogens with two attached hydrogens (primary N) is 1. The number of nitrogens with zero attached hydrogens (tertiary/aromatic N) is 2. The number of hydrogen-bond donors (Lipinski definition) is 1. The SMILES string of the molecule is Cc1nnc(Sc2c(Cl)cccc2CC(C)N)s1. The van der Waals surface area contributed by atoms with Gasteiger partial charge in [-0.05, 0) is 31.9 Å². The molecular weight excluding hydrogens is 286 g/mol. The highest BCUT2D eigenvalue weighted by atomic mass is 35.5. The van der Waals surface area contributed by atoms with Gasteiger partial charge in [0.05, 0.1) is 5.02 Å². The summed E-state index contributed by atoms with van der Waals surface area (Å²) in [5.74, 6) is 0. The number of benzene rings is 1. The van der Waals surface area contributed by atoms with Gasteiger partial charge in [0.15, 0.2) is 4.34 Å². The van der Waals surface area contributed by atoms with Crippen molar-refractivity contribution in [2.24, 2.45) is 5.73 Å². The van der Waals surface area contributed by atoms with Crippen LogP contribution in [0.3, 0.4) is 0 Å². The van der Waals surface area contributed by atoms with E-state index in [1.54, 1.807) is 23.1 Å². The molecule has 0 radical (unpaired) electrons. The van der Waals surface area contributed by atoms with E-state index < -0.39 is 0 Å². The van der Waals surface area contributed by atoms with Gasteiger partial charge in [-0.1, -0.05) is 46.8 Å². The van der Waals surface area contributed by atoms with Crippen LogP contribution in [0.1, 0.15) is 17.5 Å². The molecule has 1 aromatic carbocycles. The minimum Gasteiger partial charge on any atom is -0.328 e. The van der Waals surface area contributed by atoms with Gasteiger partial charge in [0.1, 0.15) is 5.01 Å². The third-order valence-corrected chi connectivity index (χ3v) is 4.79. The van der Waals surface area contributed by atoms with Crippen molar-refractivity contribution in [3.63, 3.8) is 0 Å². The van der Waals surface area contributed by atoms with Crippen LogP contribution in [0.25, 0.3) is 0 Å². The molecule has 0 spiro atoms. The lowest BCUT2D eigenvalue weighted by atomic mass is 10.1. The van der Waals surface area contributed by atoms with Crippen molar-refractivity contribution in [1.82, 2.24) is 10.2 Å². The summed E-state index contributed by atoms with van der Waals surface area (Å²) in [6.07, 6.45) is 0.806. The Morgan fingerprint density at radius 2 is 2.22 bits per heavy atom. The normalized spacial score (nSPS) is 12.7. The predicted molar refractivity (Wildman–Crippen MR) is 77.6 cm³/mol. The molecule has 96 valence electrons. The second kappa shape index (κ2) is 6.02. The Labute approximate surface area is 120 Å². The van der Waals surface area contributed by atoms with Crippen molar-refractivity contribution >= 4 is 34.7 Å². The van der Waals surface area contributed by atoms with Gasteiger partial charge in [-0.25, -0.2) is 0 Å². The van der Waals surface area contributed by atoms with Crippen molar-refractivity contribution in [1.29, 1.82) is 0 Å². The molecule has 1 heterocycles. The molecule has 0 saturated carbocycles. The van der Waals surface area contributed by atoms with Crippen LogP contribution in [0.5, 0.6) is 0 Å². The molecule has 3 nitrogen and oxygen atoms in total. The first-order chi connectivity index (χ1) is 8.56. The zero-order valence-corrected chi connectivity index (χ0v) is 12.6. The van der Waals surface area contributed by atoms with Crippen LogP contribution in [0.4, 0.5) is 0 Å².